The van der Waals surface area contributed by atoms with Crippen molar-refractivity contribution in [3.8, 4) is 11.4 Å². The molecule has 28 heavy (non-hydrogen) atoms. The minimum atomic E-state index is -0.0491. The van der Waals surface area contributed by atoms with E-state index in [2.05, 4.69) is 30.0 Å². The number of hydrogen-bond donors (Lipinski definition) is 2. The number of rotatable bonds is 4. The number of hydrogen-bond acceptors (Lipinski definition) is 4. The van der Waals surface area contributed by atoms with Crippen molar-refractivity contribution in [3.63, 3.8) is 0 Å². The van der Waals surface area contributed by atoms with Gasteiger partial charge >= 0.3 is 0 Å². The molecule has 1 aliphatic carbocycles. The van der Waals surface area contributed by atoms with Gasteiger partial charge in [0.2, 0.25) is 5.91 Å². The number of H-pyrrole nitrogens is 1. The summed E-state index contributed by atoms with van der Waals surface area (Å²) in [5.41, 5.74) is 3.89. The third-order valence-corrected chi connectivity index (χ3v) is 5.81. The van der Waals surface area contributed by atoms with Gasteiger partial charge in [-0.05, 0) is 45.2 Å². The quantitative estimate of drug-likeness (QED) is 0.731. The lowest BCUT2D eigenvalue weighted by Gasteiger charge is -2.24. The molecule has 7 nitrogen and oxygen atoms in total. The number of carbonyl (C=O) groups excluding carboxylic acids is 1. The molecule has 2 aromatic heterocycles. The van der Waals surface area contributed by atoms with Crippen LogP contribution in [0.1, 0.15) is 48.1 Å². The van der Waals surface area contributed by atoms with Crippen LogP contribution in [0.5, 0.6) is 0 Å². The smallest absolute Gasteiger partial charge is 0.227 e. The molecule has 0 spiro atoms. The summed E-state index contributed by atoms with van der Waals surface area (Å²) >= 11 is 0. The van der Waals surface area contributed by atoms with E-state index in [0.29, 0.717) is 11.7 Å². The highest BCUT2D eigenvalue weighted by molar-refractivity contribution is 5.96. The monoisotopic (exact) mass is 376 g/mol. The van der Waals surface area contributed by atoms with Gasteiger partial charge in [0.15, 0.2) is 5.82 Å². The molecule has 3 heterocycles. The number of anilines is 1. The number of benzene rings is 1. The lowest BCUT2D eigenvalue weighted by atomic mass is 9.95. The van der Waals surface area contributed by atoms with Crippen LogP contribution in [0.4, 0.5) is 5.69 Å². The largest absolute Gasteiger partial charge is 0.332 e. The van der Waals surface area contributed by atoms with E-state index in [9.17, 15) is 4.79 Å². The highest BCUT2D eigenvalue weighted by atomic mass is 16.1. The summed E-state index contributed by atoms with van der Waals surface area (Å²) in [7, 11) is 0. The maximum Gasteiger partial charge on any atom is 0.227 e. The van der Waals surface area contributed by atoms with Crippen molar-refractivity contribution in [1.82, 2.24) is 24.7 Å². The minimum Gasteiger partial charge on any atom is -0.332 e. The van der Waals surface area contributed by atoms with Gasteiger partial charge in [0, 0.05) is 42.3 Å². The summed E-state index contributed by atoms with van der Waals surface area (Å²) in [6.45, 7) is 4.88. The number of aryl methyl sites for hydroxylation is 2. The van der Waals surface area contributed by atoms with Gasteiger partial charge in [0.05, 0.1) is 5.69 Å². The van der Waals surface area contributed by atoms with Gasteiger partial charge in [0.25, 0.3) is 0 Å². The Bertz CT molecular complexity index is 1050. The maximum atomic E-state index is 13.0. The Kier molecular flexibility index (Phi) is 4.03. The summed E-state index contributed by atoms with van der Waals surface area (Å²) in [6, 6.07) is 5.99. The van der Waals surface area contributed by atoms with E-state index in [1.54, 1.807) is 0 Å². The Morgan fingerprint density at radius 2 is 2.11 bits per heavy atom. The molecule has 0 radical (unpaired) electrons. The molecule has 1 aromatic carbocycles. The first-order valence-electron chi connectivity index (χ1n) is 9.93. The first kappa shape index (κ1) is 17.2. The average Bonchev–Trinajstić information content (AvgIpc) is 3.32. The fourth-order valence-electron chi connectivity index (χ4n) is 3.97. The summed E-state index contributed by atoms with van der Waals surface area (Å²) in [5, 5.41) is 10.6. The second-order valence-electron chi connectivity index (χ2n) is 7.99. The minimum absolute atomic E-state index is 0.0491. The van der Waals surface area contributed by atoms with E-state index in [0.717, 1.165) is 53.5 Å². The molecule has 5 rings (SSSR count). The van der Waals surface area contributed by atoms with Gasteiger partial charge in [-0.3, -0.25) is 9.89 Å². The number of nitrogens with one attached hydrogen (secondary N) is 2. The molecule has 3 aromatic rings. The molecule has 1 aliphatic heterocycles. The second kappa shape index (κ2) is 6.58. The van der Waals surface area contributed by atoms with Crippen LogP contribution in [0.15, 0.2) is 24.4 Å². The standard InChI is InChI=1S/C21H24N6O/c1-12-3-6-18(17(9-12)20-24-19(25-26-20)14-4-5-14)23-21(28)15-7-8-27-13(2)22-11-16(27)10-15/h3,6,9,11,14-15H,4-5,7-8,10H2,1-2H3,(H,23,28)(H,24,25,26). The van der Waals surface area contributed by atoms with Gasteiger partial charge in [-0.25, -0.2) is 9.97 Å². The van der Waals surface area contributed by atoms with Crippen LogP contribution < -0.4 is 5.32 Å². The molecule has 0 bridgehead atoms. The van der Waals surface area contributed by atoms with Gasteiger partial charge in [-0.15, -0.1) is 0 Å². The number of aromatic amines is 1. The Morgan fingerprint density at radius 3 is 2.93 bits per heavy atom. The van der Waals surface area contributed by atoms with Gasteiger partial charge in [-0.2, -0.15) is 5.10 Å². The van der Waals surface area contributed by atoms with E-state index >= 15 is 0 Å². The maximum absolute atomic E-state index is 13.0. The van der Waals surface area contributed by atoms with Crippen LogP contribution in [0.3, 0.4) is 0 Å². The van der Waals surface area contributed by atoms with Gasteiger partial charge < -0.3 is 9.88 Å². The van der Waals surface area contributed by atoms with E-state index < -0.39 is 0 Å². The van der Waals surface area contributed by atoms with Crippen molar-refractivity contribution in [2.75, 3.05) is 5.32 Å². The highest BCUT2D eigenvalue weighted by Crippen LogP contribution is 2.39. The fraction of sp³-hybridized carbons (Fsp3) is 0.429. The van der Waals surface area contributed by atoms with Crippen LogP contribution in [-0.4, -0.2) is 30.6 Å². The summed E-state index contributed by atoms with van der Waals surface area (Å²) in [6.07, 6.45) is 5.77. The Balaban J connectivity index is 1.38. The SMILES string of the molecule is Cc1ccc(NC(=O)C2CCn3c(cnc3C)C2)c(-c2n[nH]c(C3CC3)n2)c1. The molecule has 0 saturated heterocycles. The molecule has 7 heteroatoms. The van der Waals surface area contributed by atoms with Gasteiger partial charge in [-0.1, -0.05) is 11.6 Å². The summed E-state index contributed by atoms with van der Waals surface area (Å²) in [4.78, 5) is 22.0. The number of aromatic nitrogens is 5. The number of carbonyl (C=O) groups is 1. The molecule has 1 atom stereocenters. The highest BCUT2D eigenvalue weighted by Gasteiger charge is 2.29. The molecule has 1 unspecified atom stereocenters. The molecule has 144 valence electrons. The predicted octanol–water partition coefficient (Wildman–Crippen LogP) is 3.36. The van der Waals surface area contributed by atoms with Crippen LogP contribution >= 0.6 is 0 Å². The zero-order chi connectivity index (χ0) is 19.3. The number of nitrogens with zero attached hydrogens (tertiary/aromatic N) is 4. The van der Waals surface area contributed by atoms with E-state index in [1.807, 2.05) is 38.2 Å². The van der Waals surface area contributed by atoms with Crippen molar-refractivity contribution in [2.45, 2.75) is 52.0 Å². The third kappa shape index (κ3) is 3.10. The van der Waals surface area contributed by atoms with Crippen molar-refractivity contribution in [1.29, 1.82) is 0 Å². The molecule has 2 aliphatic rings. The topological polar surface area (TPSA) is 88.5 Å². The zero-order valence-corrected chi connectivity index (χ0v) is 16.2. The first-order chi connectivity index (χ1) is 13.6. The normalized spacial score (nSPS) is 18.7. The Morgan fingerprint density at radius 1 is 1.25 bits per heavy atom. The molecule has 1 fully saturated rings. The van der Waals surface area contributed by atoms with Crippen molar-refractivity contribution in [2.24, 2.45) is 5.92 Å². The van der Waals surface area contributed by atoms with Crippen LogP contribution in [0.2, 0.25) is 0 Å². The zero-order valence-electron chi connectivity index (χ0n) is 16.2. The average molecular weight is 376 g/mol. The fourth-order valence-corrected chi connectivity index (χ4v) is 3.97. The summed E-state index contributed by atoms with van der Waals surface area (Å²) in [5.74, 6) is 3.13. The molecular weight excluding hydrogens is 352 g/mol. The first-order valence-corrected chi connectivity index (χ1v) is 9.93. The lowest BCUT2D eigenvalue weighted by molar-refractivity contribution is -0.120. The van der Waals surface area contributed by atoms with E-state index in [-0.39, 0.29) is 11.8 Å². The Hall–Kier alpha value is -2.96. The molecular formula is C21H24N6O. The van der Waals surface area contributed by atoms with E-state index in [4.69, 9.17) is 0 Å². The molecule has 1 amide bonds. The predicted molar refractivity (Wildman–Crippen MR) is 106 cm³/mol. The van der Waals surface area contributed by atoms with Crippen LogP contribution in [0, 0.1) is 19.8 Å². The second-order valence-corrected chi connectivity index (χ2v) is 7.99. The molecule has 1 saturated carbocycles. The van der Waals surface area contributed by atoms with Crippen molar-refractivity contribution in [3.05, 3.63) is 47.3 Å². The molecule has 2 N–H and O–H groups in total. The van der Waals surface area contributed by atoms with Crippen LogP contribution in [-0.2, 0) is 17.8 Å². The Labute approximate surface area is 163 Å². The summed E-state index contributed by atoms with van der Waals surface area (Å²) < 4.78 is 2.20. The van der Waals surface area contributed by atoms with Gasteiger partial charge in [0.1, 0.15) is 11.6 Å². The third-order valence-electron chi connectivity index (χ3n) is 5.81. The van der Waals surface area contributed by atoms with E-state index in [1.165, 1.54) is 12.8 Å². The lowest BCUT2D eigenvalue weighted by Crippen LogP contribution is -2.30. The van der Waals surface area contributed by atoms with Crippen molar-refractivity contribution >= 4 is 11.6 Å². The number of imidazole rings is 1. The van der Waals surface area contributed by atoms with Crippen molar-refractivity contribution < 1.29 is 4.79 Å². The number of fused-ring (bicyclic) bond motifs is 1. The number of amides is 1. The van der Waals surface area contributed by atoms with Crippen LogP contribution in [0.25, 0.3) is 11.4 Å².